The summed E-state index contributed by atoms with van der Waals surface area (Å²) in [5.41, 5.74) is 3.13. The molecule has 0 amide bonds. The molecule has 7 heteroatoms. The van der Waals surface area contributed by atoms with Gasteiger partial charge in [0.2, 0.25) is 0 Å². The number of halogens is 1. The van der Waals surface area contributed by atoms with Crippen LogP contribution in [0.25, 0.3) is 11.3 Å². The van der Waals surface area contributed by atoms with Gasteiger partial charge in [-0.2, -0.15) is 0 Å². The van der Waals surface area contributed by atoms with Crippen LogP contribution in [0.1, 0.15) is 24.4 Å². The van der Waals surface area contributed by atoms with Crippen LogP contribution in [0.3, 0.4) is 0 Å². The number of hydrogen-bond acceptors (Lipinski definition) is 5. The Morgan fingerprint density at radius 1 is 1.14 bits per heavy atom. The van der Waals surface area contributed by atoms with E-state index in [2.05, 4.69) is 21.3 Å². The summed E-state index contributed by atoms with van der Waals surface area (Å²) in [4.78, 5) is 2.54. The molecule has 3 heterocycles. The van der Waals surface area contributed by atoms with E-state index in [4.69, 9.17) is 20.8 Å². The summed E-state index contributed by atoms with van der Waals surface area (Å²) >= 11 is 6.00. The van der Waals surface area contributed by atoms with Gasteiger partial charge in [0.15, 0.2) is 0 Å². The van der Waals surface area contributed by atoms with Gasteiger partial charge in [0, 0.05) is 42.9 Å². The average Bonchev–Trinajstić information content (AvgIpc) is 3.48. The number of benzene rings is 1. The van der Waals surface area contributed by atoms with Crippen LogP contribution in [0.2, 0.25) is 5.02 Å². The summed E-state index contributed by atoms with van der Waals surface area (Å²) in [6, 6.07) is 9.98. The van der Waals surface area contributed by atoms with Crippen molar-refractivity contribution < 1.29 is 9.15 Å². The maximum absolute atomic E-state index is 6.00. The van der Waals surface area contributed by atoms with Gasteiger partial charge < -0.3 is 9.15 Å². The summed E-state index contributed by atoms with van der Waals surface area (Å²) in [5.74, 6) is 1.32. The van der Waals surface area contributed by atoms with Crippen molar-refractivity contribution in [2.75, 3.05) is 20.2 Å². The fourth-order valence-corrected chi connectivity index (χ4v) is 5.11. The van der Waals surface area contributed by atoms with E-state index in [0.717, 1.165) is 48.8 Å². The molecule has 1 aromatic carbocycles. The number of hydrogen-bond donors (Lipinski definition) is 0. The number of nitrogens with zero attached hydrogens (tertiary/aromatic N) is 4. The monoisotopic (exact) mass is 412 g/mol. The van der Waals surface area contributed by atoms with Gasteiger partial charge in [0.25, 0.3) is 0 Å². The SMILES string of the molecule is CO[C@@H]1C[C@H]2CN(Cc3ccoc3)C[C@H]2C[C@H]1n1cc(-c2ccc(Cl)cc2)nn1. The highest BCUT2D eigenvalue weighted by Gasteiger charge is 2.43. The Morgan fingerprint density at radius 2 is 1.93 bits per heavy atom. The highest BCUT2D eigenvalue weighted by molar-refractivity contribution is 6.30. The van der Waals surface area contributed by atoms with Crippen molar-refractivity contribution in [2.45, 2.75) is 31.5 Å². The molecule has 0 spiro atoms. The molecule has 2 fully saturated rings. The molecule has 152 valence electrons. The van der Waals surface area contributed by atoms with Crippen molar-refractivity contribution in [2.24, 2.45) is 11.8 Å². The zero-order valence-electron chi connectivity index (χ0n) is 16.4. The molecule has 0 bridgehead atoms. The maximum atomic E-state index is 6.00. The predicted octanol–water partition coefficient (Wildman–Crippen LogP) is 4.29. The fraction of sp³-hybridized carbons (Fsp3) is 0.455. The smallest absolute Gasteiger partial charge is 0.113 e. The molecule has 1 aliphatic heterocycles. The molecule has 3 aromatic rings. The Balaban J connectivity index is 1.31. The van der Waals surface area contributed by atoms with Crippen LogP contribution in [0.5, 0.6) is 0 Å². The van der Waals surface area contributed by atoms with Gasteiger partial charge in [0.1, 0.15) is 5.69 Å². The quantitative estimate of drug-likeness (QED) is 0.625. The lowest BCUT2D eigenvalue weighted by Crippen LogP contribution is -2.37. The minimum Gasteiger partial charge on any atom is -0.472 e. The molecule has 2 aromatic heterocycles. The Morgan fingerprint density at radius 3 is 2.66 bits per heavy atom. The zero-order chi connectivity index (χ0) is 19.8. The molecule has 1 saturated carbocycles. The molecular formula is C22H25ClN4O2. The first-order chi connectivity index (χ1) is 14.2. The van der Waals surface area contributed by atoms with E-state index < -0.39 is 0 Å². The summed E-state index contributed by atoms with van der Waals surface area (Å²) in [6.45, 7) is 3.19. The van der Waals surface area contributed by atoms with Crippen LogP contribution in [-0.2, 0) is 11.3 Å². The van der Waals surface area contributed by atoms with Gasteiger partial charge in [-0.05, 0) is 42.9 Å². The van der Waals surface area contributed by atoms with Gasteiger partial charge in [-0.1, -0.05) is 28.9 Å². The molecule has 4 atom stereocenters. The normalized spacial score (nSPS) is 27.2. The third-order valence-electron chi connectivity index (χ3n) is 6.44. The molecule has 5 rings (SSSR count). The lowest BCUT2D eigenvalue weighted by molar-refractivity contribution is -0.00545. The molecule has 1 saturated heterocycles. The standard InChI is InChI=1S/C22H25ClN4O2/c1-28-22-9-18-12-26(10-15-6-7-29-14-15)11-17(18)8-21(22)27-13-20(24-25-27)16-2-4-19(23)5-3-16/h2-7,13-14,17-18,21-22H,8-12H2,1H3/t17-,18+,21-,22-/m1/s1. The van der Waals surface area contributed by atoms with Gasteiger partial charge in [-0.25, -0.2) is 4.68 Å². The number of ether oxygens (including phenoxy) is 1. The minimum absolute atomic E-state index is 0.157. The molecule has 2 aliphatic rings. The van der Waals surface area contributed by atoms with E-state index in [0.29, 0.717) is 11.8 Å². The Hall–Kier alpha value is -2.15. The van der Waals surface area contributed by atoms with E-state index in [9.17, 15) is 0 Å². The Kier molecular flexibility index (Phi) is 5.16. The van der Waals surface area contributed by atoms with E-state index in [1.807, 2.05) is 48.5 Å². The van der Waals surface area contributed by atoms with E-state index in [1.165, 1.54) is 5.56 Å². The van der Waals surface area contributed by atoms with Crippen LogP contribution >= 0.6 is 11.6 Å². The number of fused-ring (bicyclic) bond motifs is 1. The first-order valence-electron chi connectivity index (χ1n) is 10.1. The van der Waals surface area contributed by atoms with Gasteiger partial charge >= 0.3 is 0 Å². The Labute approximate surface area is 175 Å². The van der Waals surface area contributed by atoms with Crippen molar-refractivity contribution >= 4 is 11.6 Å². The van der Waals surface area contributed by atoms with Crippen molar-refractivity contribution in [1.82, 2.24) is 19.9 Å². The first kappa shape index (κ1) is 18.9. The molecule has 0 radical (unpaired) electrons. The first-order valence-corrected chi connectivity index (χ1v) is 10.5. The summed E-state index contributed by atoms with van der Waals surface area (Å²) in [5, 5.41) is 9.58. The number of furan rings is 1. The molecule has 0 unspecified atom stereocenters. The summed E-state index contributed by atoms with van der Waals surface area (Å²) < 4.78 is 13.1. The summed E-state index contributed by atoms with van der Waals surface area (Å²) in [6.07, 6.45) is 7.91. The van der Waals surface area contributed by atoms with Crippen LogP contribution in [0, 0.1) is 11.8 Å². The van der Waals surface area contributed by atoms with E-state index in [1.54, 1.807) is 6.26 Å². The number of methoxy groups -OCH3 is 1. The van der Waals surface area contributed by atoms with Crippen LogP contribution in [0.4, 0.5) is 0 Å². The molecule has 1 aliphatic carbocycles. The topological polar surface area (TPSA) is 56.3 Å². The minimum atomic E-state index is 0.157. The van der Waals surface area contributed by atoms with E-state index in [-0.39, 0.29) is 12.1 Å². The van der Waals surface area contributed by atoms with Crippen LogP contribution < -0.4 is 0 Å². The van der Waals surface area contributed by atoms with Crippen molar-refractivity contribution in [3.63, 3.8) is 0 Å². The van der Waals surface area contributed by atoms with Gasteiger partial charge in [0.05, 0.1) is 30.9 Å². The summed E-state index contributed by atoms with van der Waals surface area (Å²) in [7, 11) is 1.81. The lowest BCUT2D eigenvalue weighted by Gasteiger charge is -2.37. The second-order valence-corrected chi connectivity index (χ2v) is 8.69. The second kappa shape index (κ2) is 7.94. The number of rotatable bonds is 5. The van der Waals surface area contributed by atoms with Gasteiger partial charge in [-0.3, -0.25) is 4.90 Å². The zero-order valence-corrected chi connectivity index (χ0v) is 17.2. The molecular weight excluding hydrogens is 388 g/mol. The second-order valence-electron chi connectivity index (χ2n) is 8.25. The largest absolute Gasteiger partial charge is 0.472 e. The third kappa shape index (κ3) is 3.84. The Bertz CT molecular complexity index is 940. The number of likely N-dealkylation sites (tertiary alicyclic amines) is 1. The predicted molar refractivity (Wildman–Crippen MR) is 111 cm³/mol. The van der Waals surface area contributed by atoms with Crippen molar-refractivity contribution in [1.29, 1.82) is 0 Å². The molecule has 29 heavy (non-hydrogen) atoms. The maximum Gasteiger partial charge on any atom is 0.113 e. The number of aromatic nitrogens is 3. The van der Waals surface area contributed by atoms with Crippen molar-refractivity contribution in [3.8, 4) is 11.3 Å². The van der Waals surface area contributed by atoms with Crippen LogP contribution in [0.15, 0.2) is 53.5 Å². The molecule has 0 N–H and O–H groups in total. The fourth-order valence-electron chi connectivity index (χ4n) is 4.98. The third-order valence-corrected chi connectivity index (χ3v) is 6.69. The average molecular weight is 413 g/mol. The van der Waals surface area contributed by atoms with Crippen LogP contribution in [-0.4, -0.2) is 46.2 Å². The van der Waals surface area contributed by atoms with Crippen molar-refractivity contribution in [3.05, 3.63) is 59.6 Å². The van der Waals surface area contributed by atoms with Gasteiger partial charge in [-0.15, -0.1) is 5.10 Å². The lowest BCUT2D eigenvalue weighted by atomic mass is 9.77. The van der Waals surface area contributed by atoms with E-state index >= 15 is 0 Å². The molecule has 6 nitrogen and oxygen atoms in total. The highest BCUT2D eigenvalue weighted by atomic mass is 35.5. The highest BCUT2D eigenvalue weighted by Crippen LogP contribution is 2.42.